The summed E-state index contributed by atoms with van der Waals surface area (Å²) in [5.74, 6) is 0.0955. The number of nitrogens with one attached hydrogen (secondary N) is 2. The number of hydrogen-bond acceptors (Lipinski definition) is 4. The summed E-state index contributed by atoms with van der Waals surface area (Å²) in [6.45, 7) is 5.98. The van der Waals surface area contributed by atoms with E-state index in [4.69, 9.17) is 4.74 Å². The van der Waals surface area contributed by atoms with Gasteiger partial charge in [-0.05, 0) is 52.5 Å². The Labute approximate surface area is 133 Å². The highest BCUT2D eigenvalue weighted by atomic mass is 35.5. The van der Waals surface area contributed by atoms with Crippen LogP contribution in [-0.2, 0) is 14.3 Å². The fraction of sp³-hybridized carbons (Fsp3) is 0.867. The summed E-state index contributed by atoms with van der Waals surface area (Å²) < 4.78 is 5.06. The first kappa shape index (κ1) is 18.2. The van der Waals surface area contributed by atoms with Crippen molar-refractivity contribution in [1.29, 1.82) is 0 Å². The molecule has 1 atom stereocenters. The van der Waals surface area contributed by atoms with E-state index in [9.17, 15) is 9.59 Å². The van der Waals surface area contributed by atoms with Gasteiger partial charge in [-0.2, -0.15) is 0 Å². The van der Waals surface area contributed by atoms with Gasteiger partial charge in [0, 0.05) is 12.6 Å². The van der Waals surface area contributed by atoms with E-state index in [2.05, 4.69) is 10.6 Å². The molecular weight excluding hydrogens is 292 g/mol. The van der Waals surface area contributed by atoms with Crippen molar-refractivity contribution in [2.24, 2.45) is 11.3 Å². The number of carbonyl (C=O) groups is 2. The van der Waals surface area contributed by atoms with Gasteiger partial charge < -0.3 is 15.4 Å². The molecule has 1 saturated heterocycles. The van der Waals surface area contributed by atoms with Crippen LogP contribution in [0.3, 0.4) is 0 Å². The van der Waals surface area contributed by atoms with E-state index in [1.54, 1.807) is 0 Å². The molecule has 6 heteroatoms. The molecule has 2 fully saturated rings. The molecule has 1 unspecified atom stereocenters. The first-order valence-electron chi connectivity index (χ1n) is 7.73. The number of halogens is 1. The van der Waals surface area contributed by atoms with Crippen molar-refractivity contribution in [3.8, 4) is 0 Å². The largest absolute Gasteiger partial charge is 0.466 e. The van der Waals surface area contributed by atoms with Crippen LogP contribution in [-0.4, -0.2) is 37.6 Å². The summed E-state index contributed by atoms with van der Waals surface area (Å²) in [5, 5.41) is 6.41. The Kier molecular flexibility index (Phi) is 6.94. The maximum atomic E-state index is 12.3. The Morgan fingerprint density at radius 2 is 1.95 bits per heavy atom. The van der Waals surface area contributed by atoms with Gasteiger partial charge in [0.25, 0.3) is 0 Å². The van der Waals surface area contributed by atoms with Crippen LogP contribution in [0.1, 0.15) is 46.0 Å². The van der Waals surface area contributed by atoms with Crippen molar-refractivity contribution in [1.82, 2.24) is 10.6 Å². The van der Waals surface area contributed by atoms with Crippen LogP contribution in [0.25, 0.3) is 0 Å². The van der Waals surface area contributed by atoms with Gasteiger partial charge in [0.1, 0.15) is 0 Å². The lowest BCUT2D eigenvalue weighted by Crippen LogP contribution is -2.46. The minimum atomic E-state index is -0.266. The predicted octanol–water partition coefficient (Wildman–Crippen LogP) is 1.65. The fourth-order valence-electron chi connectivity index (χ4n) is 3.10. The summed E-state index contributed by atoms with van der Waals surface area (Å²) in [6.07, 6.45) is 4.28. The van der Waals surface area contributed by atoms with E-state index in [0.29, 0.717) is 6.61 Å². The Hall–Kier alpha value is -0.810. The van der Waals surface area contributed by atoms with Gasteiger partial charge in [-0.25, -0.2) is 0 Å². The van der Waals surface area contributed by atoms with Crippen molar-refractivity contribution in [3.63, 3.8) is 0 Å². The smallest absolute Gasteiger partial charge is 0.308 e. The van der Waals surface area contributed by atoms with Gasteiger partial charge in [-0.3, -0.25) is 9.59 Å². The summed E-state index contributed by atoms with van der Waals surface area (Å²) in [4.78, 5) is 24.0. The SMILES string of the molecule is CCOC(=O)C1CCC(NC(=O)C2(C)CCNC2)CC1.Cl. The number of ether oxygens (including phenoxy) is 1. The molecule has 2 rings (SSSR count). The molecule has 1 aliphatic carbocycles. The monoisotopic (exact) mass is 318 g/mol. The molecule has 0 spiro atoms. The van der Waals surface area contributed by atoms with Gasteiger partial charge in [-0.1, -0.05) is 0 Å². The van der Waals surface area contributed by atoms with Gasteiger partial charge in [0.15, 0.2) is 0 Å². The highest BCUT2D eigenvalue weighted by Gasteiger charge is 2.38. The second kappa shape index (κ2) is 7.99. The average Bonchev–Trinajstić information content (AvgIpc) is 2.88. The molecule has 1 saturated carbocycles. The molecule has 1 heterocycles. The summed E-state index contributed by atoms with van der Waals surface area (Å²) in [5.41, 5.74) is -0.266. The van der Waals surface area contributed by atoms with Crippen LogP contribution in [0.15, 0.2) is 0 Å². The van der Waals surface area contributed by atoms with Crippen LogP contribution in [0, 0.1) is 11.3 Å². The van der Waals surface area contributed by atoms with Crippen molar-refractivity contribution in [2.75, 3.05) is 19.7 Å². The van der Waals surface area contributed by atoms with E-state index in [0.717, 1.165) is 45.2 Å². The lowest BCUT2D eigenvalue weighted by Gasteiger charge is -2.31. The normalized spacial score (nSPS) is 32.1. The highest BCUT2D eigenvalue weighted by molar-refractivity contribution is 5.85. The minimum Gasteiger partial charge on any atom is -0.466 e. The molecule has 1 aliphatic heterocycles. The maximum absolute atomic E-state index is 12.3. The zero-order valence-electron chi connectivity index (χ0n) is 12.9. The number of esters is 1. The Balaban J connectivity index is 0.00000220. The Morgan fingerprint density at radius 3 is 2.48 bits per heavy atom. The predicted molar refractivity (Wildman–Crippen MR) is 83.4 cm³/mol. The van der Waals surface area contributed by atoms with Gasteiger partial charge in [0.05, 0.1) is 17.9 Å². The lowest BCUT2D eigenvalue weighted by molar-refractivity contribution is -0.149. The fourth-order valence-corrected chi connectivity index (χ4v) is 3.10. The third-order valence-electron chi connectivity index (χ3n) is 4.60. The topological polar surface area (TPSA) is 67.4 Å². The molecular formula is C15H27ClN2O3. The minimum absolute atomic E-state index is 0. The second-order valence-electron chi connectivity index (χ2n) is 6.26. The van der Waals surface area contributed by atoms with Crippen LogP contribution in [0.2, 0.25) is 0 Å². The Morgan fingerprint density at radius 1 is 1.29 bits per heavy atom. The maximum Gasteiger partial charge on any atom is 0.308 e. The first-order valence-corrected chi connectivity index (χ1v) is 7.73. The molecule has 1 amide bonds. The van der Waals surface area contributed by atoms with E-state index in [1.807, 2.05) is 13.8 Å². The van der Waals surface area contributed by atoms with Crippen molar-refractivity contribution in [2.45, 2.75) is 52.0 Å². The zero-order chi connectivity index (χ0) is 14.6. The van der Waals surface area contributed by atoms with Crippen LogP contribution in [0.4, 0.5) is 0 Å². The van der Waals surface area contributed by atoms with Crippen molar-refractivity contribution < 1.29 is 14.3 Å². The van der Waals surface area contributed by atoms with E-state index < -0.39 is 0 Å². The van der Waals surface area contributed by atoms with Gasteiger partial charge in [0.2, 0.25) is 5.91 Å². The number of rotatable bonds is 4. The molecule has 0 aromatic carbocycles. The van der Waals surface area contributed by atoms with Crippen LogP contribution < -0.4 is 10.6 Å². The zero-order valence-corrected chi connectivity index (χ0v) is 13.8. The number of carbonyl (C=O) groups excluding carboxylic acids is 2. The molecule has 0 radical (unpaired) electrons. The third kappa shape index (κ3) is 4.58. The Bertz CT molecular complexity index is 362. The summed E-state index contributed by atoms with van der Waals surface area (Å²) in [6, 6.07) is 0.214. The molecule has 2 N–H and O–H groups in total. The average molecular weight is 319 g/mol. The first-order chi connectivity index (χ1) is 9.55. The van der Waals surface area contributed by atoms with E-state index in [-0.39, 0.29) is 41.7 Å². The lowest BCUT2D eigenvalue weighted by atomic mass is 9.84. The molecule has 0 bridgehead atoms. The molecule has 122 valence electrons. The number of hydrogen-bond donors (Lipinski definition) is 2. The van der Waals surface area contributed by atoms with Crippen molar-refractivity contribution in [3.05, 3.63) is 0 Å². The van der Waals surface area contributed by atoms with Crippen molar-refractivity contribution >= 4 is 24.3 Å². The van der Waals surface area contributed by atoms with Crippen LogP contribution >= 0.6 is 12.4 Å². The standard InChI is InChI=1S/C15H26N2O3.ClH/c1-3-20-13(18)11-4-6-12(7-5-11)17-14(19)15(2)8-9-16-10-15;/h11-12,16H,3-10H2,1-2H3,(H,17,19);1H. The highest BCUT2D eigenvalue weighted by Crippen LogP contribution is 2.28. The van der Waals surface area contributed by atoms with E-state index >= 15 is 0 Å². The molecule has 2 aliphatic rings. The molecule has 0 aromatic rings. The van der Waals surface area contributed by atoms with Gasteiger partial charge in [-0.15, -0.1) is 12.4 Å². The second-order valence-corrected chi connectivity index (χ2v) is 6.26. The number of amides is 1. The third-order valence-corrected chi connectivity index (χ3v) is 4.60. The van der Waals surface area contributed by atoms with E-state index in [1.165, 1.54) is 0 Å². The molecule has 21 heavy (non-hydrogen) atoms. The quantitative estimate of drug-likeness (QED) is 0.773. The molecule has 0 aromatic heterocycles. The van der Waals surface area contributed by atoms with Gasteiger partial charge >= 0.3 is 5.97 Å². The summed E-state index contributed by atoms with van der Waals surface area (Å²) >= 11 is 0. The molecule has 5 nitrogen and oxygen atoms in total. The summed E-state index contributed by atoms with van der Waals surface area (Å²) in [7, 11) is 0. The van der Waals surface area contributed by atoms with Crippen LogP contribution in [0.5, 0.6) is 0 Å².